The van der Waals surface area contributed by atoms with E-state index in [-0.39, 0.29) is 12.5 Å². The van der Waals surface area contributed by atoms with Crippen LogP contribution < -0.4 is 5.32 Å². The third-order valence-corrected chi connectivity index (χ3v) is 3.01. The Balaban J connectivity index is 2.30. The number of carboxylic acid groups (broad SMARTS) is 1. The minimum absolute atomic E-state index is 0.0494. The molecule has 1 fully saturated rings. The molecule has 0 saturated heterocycles. The Hall–Kier alpha value is -0.650. The van der Waals surface area contributed by atoms with Crippen molar-refractivity contribution in [2.24, 2.45) is 5.92 Å². The molecule has 0 unspecified atom stereocenters. The third kappa shape index (κ3) is 3.77. The Bertz CT molecular complexity index is 211. The van der Waals surface area contributed by atoms with Crippen molar-refractivity contribution >= 4 is 5.97 Å². The van der Waals surface area contributed by atoms with Gasteiger partial charge in [0, 0.05) is 13.1 Å². The number of rotatable bonds is 5. The van der Waals surface area contributed by atoms with Gasteiger partial charge in [-0.1, -0.05) is 0 Å². The molecule has 88 valence electrons. The van der Waals surface area contributed by atoms with Crippen molar-refractivity contribution in [3.63, 3.8) is 0 Å². The Morgan fingerprint density at radius 3 is 2.47 bits per heavy atom. The number of carboxylic acids is 1. The fraction of sp³-hybridized carbons (Fsp3) is 0.900. The molecule has 4 N–H and O–H groups in total. The van der Waals surface area contributed by atoms with Crippen LogP contribution in [0.2, 0.25) is 0 Å². The Labute approximate surface area is 89.1 Å². The van der Waals surface area contributed by atoms with E-state index in [4.69, 9.17) is 10.2 Å². The first kappa shape index (κ1) is 12.4. The van der Waals surface area contributed by atoms with E-state index in [1.165, 1.54) is 0 Å². The number of hydrogen-bond acceptors (Lipinski definition) is 4. The van der Waals surface area contributed by atoms with Crippen LogP contribution in [0.4, 0.5) is 0 Å². The summed E-state index contributed by atoms with van der Waals surface area (Å²) in [4.78, 5) is 10.7. The highest BCUT2D eigenvalue weighted by Crippen LogP contribution is 2.31. The Morgan fingerprint density at radius 2 is 2.00 bits per heavy atom. The molecule has 1 rings (SSSR count). The van der Waals surface area contributed by atoms with Crippen LogP contribution in [0.3, 0.4) is 0 Å². The average Bonchev–Trinajstić information content (AvgIpc) is 2.18. The molecular weight excluding hydrogens is 198 g/mol. The standard InChI is InChI=1S/C10H19NO4/c12-6-5-11-7-10(15)3-1-8(2-4-10)9(13)14/h8,11-12,15H,1-7H2,(H,13,14). The van der Waals surface area contributed by atoms with Gasteiger partial charge < -0.3 is 20.6 Å². The first-order valence-electron chi connectivity index (χ1n) is 5.34. The molecule has 0 spiro atoms. The van der Waals surface area contributed by atoms with Crippen molar-refractivity contribution < 1.29 is 20.1 Å². The largest absolute Gasteiger partial charge is 0.481 e. The van der Waals surface area contributed by atoms with Gasteiger partial charge in [-0.05, 0) is 25.7 Å². The van der Waals surface area contributed by atoms with Crippen molar-refractivity contribution in [2.75, 3.05) is 19.7 Å². The first-order valence-corrected chi connectivity index (χ1v) is 5.34. The number of aliphatic hydroxyl groups excluding tert-OH is 1. The van der Waals surface area contributed by atoms with Gasteiger partial charge in [0.1, 0.15) is 0 Å². The summed E-state index contributed by atoms with van der Waals surface area (Å²) in [5, 5.41) is 30.4. The van der Waals surface area contributed by atoms with Crippen molar-refractivity contribution in [2.45, 2.75) is 31.3 Å². The van der Waals surface area contributed by atoms with Gasteiger partial charge in [-0.3, -0.25) is 4.79 Å². The minimum Gasteiger partial charge on any atom is -0.481 e. The lowest BCUT2D eigenvalue weighted by atomic mass is 9.79. The summed E-state index contributed by atoms with van der Waals surface area (Å²) in [7, 11) is 0. The number of carbonyl (C=O) groups is 1. The van der Waals surface area contributed by atoms with Gasteiger partial charge >= 0.3 is 5.97 Å². The third-order valence-electron chi connectivity index (χ3n) is 3.01. The van der Waals surface area contributed by atoms with Crippen LogP contribution in [0.1, 0.15) is 25.7 Å². The molecule has 0 aromatic heterocycles. The molecule has 0 aromatic carbocycles. The Kier molecular flexibility index (Phi) is 4.50. The van der Waals surface area contributed by atoms with Crippen LogP contribution >= 0.6 is 0 Å². The highest BCUT2D eigenvalue weighted by atomic mass is 16.4. The molecule has 0 bridgehead atoms. The summed E-state index contributed by atoms with van der Waals surface area (Å²) in [5.74, 6) is -1.07. The fourth-order valence-electron chi connectivity index (χ4n) is 1.98. The molecule has 0 amide bonds. The zero-order chi connectivity index (χ0) is 11.3. The zero-order valence-electron chi connectivity index (χ0n) is 8.78. The summed E-state index contributed by atoms with van der Waals surface area (Å²) in [6, 6.07) is 0. The molecule has 1 saturated carbocycles. The van der Waals surface area contributed by atoms with E-state index in [9.17, 15) is 9.90 Å². The molecule has 15 heavy (non-hydrogen) atoms. The topological polar surface area (TPSA) is 89.8 Å². The first-order chi connectivity index (χ1) is 7.07. The van der Waals surface area contributed by atoms with E-state index in [1.54, 1.807) is 0 Å². The zero-order valence-corrected chi connectivity index (χ0v) is 8.78. The van der Waals surface area contributed by atoms with Crippen LogP contribution in [0.15, 0.2) is 0 Å². The Morgan fingerprint density at radius 1 is 1.40 bits per heavy atom. The van der Waals surface area contributed by atoms with Gasteiger partial charge in [-0.2, -0.15) is 0 Å². The lowest BCUT2D eigenvalue weighted by Crippen LogP contribution is -2.45. The van der Waals surface area contributed by atoms with E-state index in [0.29, 0.717) is 38.8 Å². The maximum Gasteiger partial charge on any atom is 0.306 e. The van der Waals surface area contributed by atoms with Gasteiger partial charge in [0.05, 0.1) is 18.1 Å². The number of hydrogen-bond donors (Lipinski definition) is 4. The molecule has 0 atom stereocenters. The number of nitrogens with one attached hydrogen (secondary N) is 1. The summed E-state index contributed by atoms with van der Waals surface area (Å²) in [6.45, 7) is 0.943. The van der Waals surface area contributed by atoms with E-state index < -0.39 is 11.6 Å². The fourth-order valence-corrected chi connectivity index (χ4v) is 1.98. The van der Waals surface area contributed by atoms with Gasteiger partial charge in [-0.15, -0.1) is 0 Å². The summed E-state index contributed by atoms with van der Waals surface area (Å²) in [5.41, 5.74) is -0.791. The second kappa shape index (κ2) is 5.44. The van der Waals surface area contributed by atoms with E-state index in [0.717, 1.165) is 0 Å². The predicted molar refractivity (Wildman–Crippen MR) is 54.5 cm³/mol. The van der Waals surface area contributed by atoms with Crippen molar-refractivity contribution in [1.29, 1.82) is 0 Å². The van der Waals surface area contributed by atoms with E-state index in [1.807, 2.05) is 0 Å². The molecule has 0 aromatic rings. The number of aliphatic carboxylic acids is 1. The lowest BCUT2D eigenvalue weighted by molar-refractivity contribution is -0.144. The minimum atomic E-state index is -0.791. The summed E-state index contributed by atoms with van der Waals surface area (Å²) in [6.07, 6.45) is 2.10. The van der Waals surface area contributed by atoms with Gasteiger partial charge in [-0.25, -0.2) is 0 Å². The van der Waals surface area contributed by atoms with Gasteiger partial charge in [0.2, 0.25) is 0 Å². The van der Waals surface area contributed by atoms with Gasteiger partial charge in [0.15, 0.2) is 0 Å². The molecule has 0 heterocycles. The summed E-state index contributed by atoms with van der Waals surface area (Å²) >= 11 is 0. The van der Waals surface area contributed by atoms with Crippen LogP contribution in [0.25, 0.3) is 0 Å². The molecule has 1 aliphatic carbocycles. The molecular formula is C10H19NO4. The molecule has 5 nitrogen and oxygen atoms in total. The quantitative estimate of drug-likeness (QED) is 0.469. The predicted octanol–water partition coefficient (Wildman–Crippen LogP) is -0.426. The maximum absolute atomic E-state index is 10.7. The van der Waals surface area contributed by atoms with Crippen molar-refractivity contribution in [3.8, 4) is 0 Å². The molecule has 1 aliphatic rings. The monoisotopic (exact) mass is 217 g/mol. The second-order valence-corrected chi connectivity index (χ2v) is 4.24. The van der Waals surface area contributed by atoms with E-state index >= 15 is 0 Å². The average molecular weight is 217 g/mol. The SMILES string of the molecule is O=C(O)C1CCC(O)(CNCCO)CC1. The molecule has 0 aliphatic heterocycles. The van der Waals surface area contributed by atoms with Crippen LogP contribution in [0.5, 0.6) is 0 Å². The molecule has 5 heteroatoms. The lowest BCUT2D eigenvalue weighted by Gasteiger charge is -2.34. The smallest absolute Gasteiger partial charge is 0.306 e. The highest BCUT2D eigenvalue weighted by molar-refractivity contribution is 5.70. The van der Waals surface area contributed by atoms with Crippen molar-refractivity contribution in [3.05, 3.63) is 0 Å². The van der Waals surface area contributed by atoms with Crippen LogP contribution in [-0.2, 0) is 4.79 Å². The highest BCUT2D eigenvalue weighted by Gasteiger charge is 2.35. The molecule has 0 radical (unpaired) electrons. The normalized spacial score (nSPS) is 31.5. The van der Waals surface area contributed by atoms with Crippen LogP contribution in [-0.4, -0.2) is 46.6 Å². The van der Waals surface area contributed by atoms with Crippen molar-refractivity contribution in [1.82, 2.24) is 5.32 Å². The van der Waals surface area contributed by atoms with E-state index in [2.05, 4.69) is 5.32 Å². The van der Waals surface area contributed by atoms with Gasteiger partial charge in [0.25, 0.3) is 0 Å². The number of aliphatic hydroxyl groups is 2. The van der Waals surface area contributed by atoms with Crippen LogP contribution in [0, 0.1) is 5.92 Å². The summed E-state index contributed by atoms with van der Waals surface area (Å²) < 4.78 is 0. The second-order valence-electron chi connectivity index (χ2n) is 4.24. The maximum atomic E-state index is 10.7.